The van der Waals surface area contributed by atoms with Gasteiger partial charge in [0, 0.05) is 36.1 Å². The van der Waals surface area contributed by atoms with Crippen molar-refractivity contribution in [2.24, 2.45) is 0 Å². The highest BCUT2D eigenvalue weighted by Gasteiger charge is 2.25. The molecule has 6 nitrogen and oxygen atoms in total. The Labute approximate surface area is 148 Å². The Morgan fingerprint density at radius 1 is 1.32 bits per heavy atom. The zero-order valence-corrected chi connectivity index (χ0v) is 14.8. The van der Waals surface area contributed by atoms with Crippen LogP contribution in [0.2, 0.25) is 0 Å². The van der Waals surface area contributed by atoms with Gasteiger partial charge in [0.25, 0.3) is 0 Å². The fraction of sp³-hybridized carbons (Fsp3) is 0.222. The lowest BCUT2D eigenvalue weighted by molar-refractivity contribution is 0.101. The number of aryl methyl sites for hydroxylation is 1. The van der Waals surface area contributed by atoms with Crippen LogP contribution in [0.4, 0.5) is 0 Å². The molecule has 0 fully saturated rings. The third kappa shape index (κ3) is 2.66. The number of carbonyl (C=O) groups excluding carboxylic acids is 1. The van der Waals surface area contributed by atoms with Crippen molar-refractivity contribution in [3.63, 3.8) is 0 Å². The van der Waals surface area contributed by atoms with E-state index in [-0.39, 0.29) is 11.8 Å². The molecule has 3 heterocycles. The number of carbonyl (C=O) groups is 1. The number of aromatic nitrogens is 5. The lowest BCUT2D eigenvalue weighted by Gasteiger charge is -2.17. The Bertz CT molecular complexity index is 983. The molecule has 0 amide bonds. The maximum Gasteiger partial charge on any atom is 0.159 e. The Kier molecular flexibility index (Phi) is 3.93. The summed E-state index contributed by atoms with van der Waals surface area (Å²) in [5.41, 5.74) is 2.54. The van der Waals surface area contributed by atoms with Gasteiger partial charge in [-0.15, -0.1) is 11.3 Å². The van der Waals surface area contributed by atoms with Crippen LogP contribution >= 0.6 is 11.3 Å². The summed E-state index contributed by atoms with van der Waals surface area (Å²) in [6.07, 6.45) is 7.27. The second kappa shape index (κ2) is 6.25. The van der Waals surface area contributed by atoms with E-state index in [2.05, 4.69) is 21.5 Å². The highest BCUT2D eigenvalue weighted by atomic mass is 32.1. The number of ketones is 1. The summed E-state index contributed by atoms with van der Waals surface area (Å²) in [6.45, 7) is 4.42. The summed E-state index contributed by atoms with van der Waals surface area (Å²) >= 11 is 1.59. The van der Waals surface area contributed by atoms with Crippen LogP contribution in [0.5, 0.6) is 0 Å². The number of thiazole rings is 1. The fourth-order valence-corrected chi connectivity index (χ4v) is 3.80. The van der Waals surface area contributed by atoms with Gasteiger partial charge in [0.05, 0.1) is 17.4 Å². The summed E-state index contributed by atoms with van der Waals surface area (Å²) < 4.78 is 4.16. The van der Waals surface area contributed by atoms with Crippen LogP contribution in [-0.2, 0) is 6.54 Å². The van der Waals surface area contributed by atoms with Crippen molar-refractivity contribution in [3.05, 3.63) is 64.9 Å². The van der Waals surface area contributed by atoms with Gasteiger partial charge in [-0.05, 0) is 32.0 Å². The molecular weight excluding hydrogens is 334 g/mol. The molecule has 7 heteroatoms. The average molecular weight is 351 g/mol. The Hall–Kier alpha value is -2.80. The minimum atomic E-state index is -0.143. The molecule has 4 aromatic rings. The van der Waals surface area contributed by atoms with Crippen LogP contribution in [0.15, 0.2) is 48.5 Å². The first kappa shape index (κ1) is 15.7. The molecule has 0 saturated heterocycles. The first-order valence-electron chi connectivity index (χ1n) is 8.07. The van der Waals surface area contributed by atoms with E-state index >= 15 is 0 Å². The molecule has 4 rings (SSSR count). The summed E-state index contributed by atoms with van der Waals surface area (Å²) in [4.78, 5) is 25.3. The zero-order valence-electron chi connectivity index (χ0n) is 14.0. The number of nitrogens with zero attached hydrogens (tertiary/aromatic N) is 5. The summed E-state index contributed by atoms with van der Waals surface area (Å²) in [6, 6.07) is 5.52. The second-order valence-electron chi connectivity index (χ2n) is 5.76. The monoisotopic (exact) mass is 351 g/mol. The Morgan fingerprint density at radius 2 is 2.20 bits per heavy atom. The average Bonchev–Trinajstić information content (AvgIpc) is 3.36. The van der Waals surface area contributed by atoms with Gasteiger partial charge in [-0.2, -0.15) is 0 Å². The SMILES string of the molecule is CCn1c(C(c2nccs2)n2ccnc2)nc2ccc(C(C)=O)cc21. The predicted octanol–water partition coefficient (Wildman–Crippen LogP) is 3.55. The van der Waals surface area contributed by atoms with Gasteiger partial charge in [0.2, 0.25) is 0 Å². The van der Waals surface area contributed by atoms with Gasteiger partial charge >= 0.3 is 0 Å². The Morgan fingerprint density at radius 3 is 2.84 bits per heavy atom. The van der Waals surface area contributed by atoms with Crippen LogP contribution < -0.4 is 0 Å². The molecule has 0 spiro atoms. The quantitative estimate of drug-likeness (QED) is 0.516. The van der Waals surface area contributed by atoms with E-state index in [1.807, 2.05) is 34.3 Å². The van der Waals surface area contributed by atoms with Crippen LogP contribution in [0.1, 0.15) is 41.1 Å². The van der Waals surface area contributed by atoms with Crippen molar-refractivity contribution >= 4 is 28.2 Å². The first-order valence-corrected chi connectivity index (χ1v) is 8.95. The van der Waals surface area contributed by atoms with E-state index in [9.17, 15) is 4.79 Å². The lowest BCUT2D eigenvalue weighted by atomic mass is 10.1. The van der Waals surface area contributed by atoms with Gasteiger partial charge in [0.1, 0.15) is 16.9 Å². The summed E-state index contributed by atoms with van der Waals surface area (Å²) in [7, 11) is 0. The molecule has 126 valence electrons. The van der Waals surface area contributed by atoms with Crippen molar-refractivity contribution in [2.75, 3.05) is 0 Å². The van der Waals surface area contributed by atoms with Crippen molar-refractivity contribution in [3.8, 4) is 0 Å². The highest BCUT2D eigenvalue weighted by molar-refractivity contribution is 7.09. The van der Waals surface area contributed by atoms with Crippen LogP contribution in [0.25, 0.3) is 11.0 Å². The molecule has 25 heavy (non-hydrogen) atoms. The standard InChI is InChI=1S/C18H17N5OS/c1-3-23-15-10-13(12(2)24)4-5-14(15)21-17(23)16(18-20-7-9-25-18)22-8-6-19-11-22/h4-11,16H,3H2,1-2H3. The van der Waals surface area contributed by atoms with Crippen LogP contribution in [0.3, 0.4) is 0 Å². The molecular formula is C18H17N5OS. The van der Waals surface area contributed by atoms with Gasteiger partial charge in [0.15, 0.2) is 5.78 Å². The Balaban J connectivity index is 1.96. The van der Waals surface area contributed by atoms with Gasteiger partial charge < -0.3 is 9.13 Å². The van der Waals surface area contributed by atoms with E-state index in [0.717, 1.165) is 28.4 Å². The molecule has 0 aliphatic rings. The highest BCUT2D eigenvalue weighted by Crippen LogP contribution is 2.30. The number of rotatable bonds is 5. The number of imidazole rings is 2. The van der Waals surface area contributed by atoms with Crippen molar-refractivity contribution in [1.29, 1.82) is 0 Å². The molecule has 0 bridgehead atoms. The molecule has 0 aliphatic heterocycles. The third-order valence-electron chi connectivity index (χ3n) is 4.25. The van der Waals surface area contributed by atoms with E-state index < -0.39 is 0 Å². The number of benzene rings is 1. The van der Waals surface area contributed by atoms with Crippen LogP contribution in [-0.4, -0.2) is 29.9 Å². The third-order valence-corrected chi connectivity index (χ3v) is 5.08. The van der Waals surface area contributed by atoms with E-state index in [4.69, 9.17) is 4.98 Å². The van der Waals surface area contributed by atoms with Crippen molar-refractivity contribution < 1.29 is 4.79 Å². The van der Waals surface area contributed by atoms with E-state index in [1.165, 1.54) is 0 Å². The molecule has 1 unspecified atom stereocenters. The smallest absolute Gasteiger partial charge is 0.159 e. The zero-order chi connectivity index (χ0) is 17.4. The first-order chi connectivity index (χ1) is 12.2. The minimum Gasteiger partial charge on any atom is -0.326 e. The molecule has 1 atom stereocenters. The van der Waals surface area contributed by atoms with Crippen LogP contribution in [0, 0.1) is 0 Å². The number of Topliss-reactive ketones (excluding diaryl/α,β-unsaturated/α-hetero) is 1. The number of hydrogen-bond acceptors (Lipinski definition) is 5. The fourth-order valence-electron chi connectivity index (χ4n) is 3.06. The molecule has 0 saturated carbocycles. The minimum absolute atomic E-state index is 0.0541. The van der Waals surface area contributed by atoms with E-state index in [0.29, 0.717) is 5.56 Å². The lowest BCUT2D eigenvalue weighted by Crippen LogP contribution is -2.16. The summed E-state index contributed by atoms with van der Waals surface area (Å²) in [5.74, 6) is 0.949. The number of hydrogen-bond donors (Lipinski definition) is 0. The maximum absolute atomic E-state index is 11.8. The molecule has 1 aromatic carbocycles. The maximum atomic E-state index is 11.8. The van der Waals surface area contributed by atoms with Gasteiger partial charge in [-0.25, -0.2) is 15.0 Å². The number of fused-ring (bicyclic) bond motifs is 1. The summed E-state index contributed by atoms with van der Waals surface area (Å²) in [5, 5.41) is 2.92. The van der Waals surface area contributed by atoms with Gasteiger partial charge in [-0.3, -0.25) is 4.79 Å². The van der Waals surface area contributed by atoms with Gasteiger partial charge in [-0.1, -0.05) is 0 Å². The predicted molar refractivity (Wildman–Crippen MR) is 97.0 cm³/mol. The second-order valence-corrected chi connectivity index (χ2v) is 6.68. The van der Waals surface area contributed by atoms with E-state index in [1.54, 1.807) is 37.0 Å². The molecule has 0 aliphatic carbocycles. The normalized spacial score (nSPS) is 12.6. The largest absolute Gasteiger partial charge is 0.326 e. The molecule has 0 radical (unpaired) electrons. The topological polar surface area (TPSA) is 65.6 Å². The molecule has 3 aromatic heterocycles. The van der Waals surface area contributed by atoms with Crippen molar-refractivity contribution in [2.45, 2.75) is 26.4 Å². The molecule has 0 N–H and O–H groups in total. The van der Waals surface area contributed by atoms with Crippen molar-refractivity contribution in [1.82, 2.24) is 24.1 Å².